The van der Waals surface area contributed by atoms with Gasteiger partial charge in [0, 0.05) is 12.1 Å². The van der Waals surface area contributed by atoms with E-state index in [1.165, 1.54) is 35.7 Å². The number of allylic oxidation sites excluding steroid dienone is 10. The SMILES string of the molecule is C=CC(C)C=CC1=C(C)C(P(C)C(=C)C2=CC(C(C)C)=C(SC)C2)CCC1. The van der Waals surface area contributed by atoms with Crippen molar-refractivity contribution in [1.82, 2.24) is 0 Å². The Hall–Kier alpha value is -0.780. The highest BCUT2D eigenvalue weighted by Gasteiger charge is 2.28. The molecule has 0 N–H and O–H groups in total. The zero-order valence-corrected chi connectivity index (χ0v) is 19.9. The predicted octanol–water partition coefficient (Wildman–Crippen LogP) is 8.46. The molecule has 27 heavy (non-hydrogen) atoms. The molecule has 0 radical (unpaired) electrons. The molecule has 3 unspecified atom stereocenters. The van der Waals surface area contributed by atoms with Crippen LogP contribution in [-0.4, -0.2) is 18.6 Å². The zero-order chi connectivity index (χ0) is 20.1. The average Bonchev–Trinajstić information content (AvgIpc) is 3.10. The fraction of sp³-hybridized carbons (Fsp3) is 0.520. The average molecular weight is 401 g/mol. The molecule has 2 heteroatoms. The molecule has 0 aliphatic heterocycles. The summed E-state index contributed by atoms with van der Waals surface area (Å²) in [6, 6.07) is 0. The molecule has 0 aromatic rings. The smallest absolute Gasteiger partial charge is 0.00433 e. The van der Waals surface area contributed by atoms with Gasteiger partial charge in [0.05, 0.1) is 0 Å². The maximum absolute atomic E-state index is 4.59. The largest absolute Gasteiger partial charge is 0.133 e. The topological polar surface area (TPSA) is 0 Å². The standard InChI is InChI=1S/C25H37PS/c1-9-18(4)13-14-21-11-10-12-24(19(21)5)26(7)20(6)22-15-23(17(2)3)25(16-22)27-8/h9,13-15,17-18,24H,1,6,10-12,16H2,2-5,7-8H3. The first-order valence-corrected chi connectivity index (χ1v) is 13.3. The van der Waals surface area contributed by atoms with Crippen molar-refractivity contribution in [1.29, 1.82) is 0 Å². The van der Waals surface area contributed by atoms with Crippen molar-refractivity contribution < 1.29 is 0 Å². The van der Waals surface area contributed by atoms with Crippen LogP contribution in [0, 0.1) is 11.8 Å². The lowest BCUT2D eigenvalue weighted by Crippen LogP contribution is -2.15. The Labute approximate surface area is 173 Å². The van der Waals surface area contributed by atoms with Gasteiger partial charge in [-0.25, -0.2) is 0 Å². The third-order valence-corrected chi connectivity index (χ3v) is 9.63. The lowest BCUT2D eigenvalue weighted by molar-refractivity contribution is 0.688. The fourth-order valence-electron chi connectivity index (χ4n) is 4.03. The van der Waals surface area contributed by atoms with Crippen molar-refractivity contribution in [3.8, 4) is 0 Å². The van der Waals surface area contributed by atoms with E-state index in [-0.39, 0.29) is 7.92 Å². The lowest BCUT2D eigenvalue weighted by atomic mass is 9.91. The predicted molar refractivity (Wildman–Crippen MR) is 129 cm³/mol. The van der Waals surface area contributed by atoms with Gasteiger partial charge in [-0.1, -0.05) is 65.1 Å². The summed E-state index contributed by atoms with van der Waals surface area (Å²) in [6.45, 7) is 20.1. The number of thioether (sulfide) groups is 1. The number of hydrogen-bond donors (Lipinski definition) is 0. The first-order chi connectivity index (χ1) is 12.8. The molecule has 0 saturated heterocycles. The summed E-state index contributed by atoms with van der Waals surface area (Å²) in [7, 11) is -0.240. The summed E-state index contributed by atoms with van der Waals surface area (Å²) in [5, 5.41) is 1.42. The highest BCUT2D eigenvalue weighted by molar-refractivity contribution is 8.02. The van der Waals surface area contributed by atoms with E-state index < -0.39 is 0 Å². The van der Waals surface area contributed by atoms with Gasteiger partial charge >= 0.3 is 0 Å². The molecule has 0 bridgehead atoms. The highest BCUT2D eigenvalue weighted by atomic mass is 32.2. The maximum atomic E-state index is 4.59. The van der Waals surface area contributed by atoms with Gasteiger partial charge in [-0.2, -0.15) is 0 Å². The van der Waals surface area contributed by atoms with Crippen LogP contribution in [-0.2, 0) is 0 Å². The Kier molecular flexibility index (Phi) is 8.44. The molecule has 0 aromatic carbocycles. The van der Waals surface area contributed by atoms with Crippen LogP contribution in [0.5, 0.6) is 0 Å². The van der Waals surface area contributed by atoms with Gasteiger partial charge < -0.3 is 0 Å². The summed E-state index contributed by atoms with van der Waals surface area (Å²) in [4.78, 5) is 1.54. The second kappa shape index (κ2) is 10.1. The summed E-state index contributed by atoms with van der Waals surface area (Å²) in [5.41, 5.74) is 6.85. The molecule has 0 spiro atoms. The van der Waals surface area contributed by atoms with E-state index in [4.69, 9.17) is 0 Å². The molecule has 0 nitrogen and oxygen atoms in total. The second-order valence-electron chi connectivity index (χ2n) is 8.21. The van der Waals surface area contributed by atoms with Crippen molar-refractivity contribution >= 4 is 19.7 Å². The Morgan fingerprint density at radius 1 is 1.33 bits per heavy atom. The van der Waals surface area contributed by atoms with Crippen LogP contribution >= 0.6 is 19.7 Å². The first kappa shape index (κ1) is 22.5. The number of hydrogen-bond acceptors (Lipinski definition) is 1. The van der Waals surface area contributed by atoms with Crippen molar-refractivity contribution in [2.75, 3.05) is 12.9 Å². The lowest BCUT2D eigenvalue weighted by Gasteiger charge is -2.32. The van der Waals surface area contributed by atoms with E-state index >= 15 is 0 Å². The van der Waals surface area contributed by atoms with Crippen molar-refractivity contribution in [3.05, 3.63) is 70.0 Å². The van der Waals surface area contributed by atoms with Gasteiger partial charge in [-0.3, -0.25) is 0 Å². The van der Waals surface area contributed by atoms with Crippen LogP contribution < -0.4 is 0 Å². The van der Waals surface area contributed by atoms with Gasteiger partial charge in [0.25, 0.3) is 0 Å². The van der Waals surface area contributed by atoms with Gasteiger partial charge in [0.2, 0.25) is 0 Å². The van der Waals surface area contributed by atoms with E-state index in [1.54, 1.807) is 16.1 Å². The molecule has 0 saturated carbocycles. The quantitative estimate of drug-likeness (QED) is 0.291. The minimum Gasteiger partial charge on any atom is -0.133 e. The molecule has 0 fully saturated rings. The molecule has 0 heterocycles. The third-order valence-electron chi connectivity index (χ3n) is 6.04. The zero-order valence-electron chi connectivity index (χ0n) is 18.1. The van der Waals surface area contributed by atoms with Crippen LogP contribution in [0.4, 0.5) is 0 Å². The Morgan fingerprint density at radius 3 is 2.59 bits per heavy atom. The Balaban J connectivity index is 2.18. The first-order valence-electron chi connectivity index (χ1n) is 10.2. The maximum Gasteiger partial charge on any atom is 0.00433 e. The van der Waals surface area contributed by atoms with Gasteiger partial charge in [0.1, 0.15) is 0 Å². The fourth-order valence-corrected chi connectivity index (χ4v) is 7.15. The molecule has 0 aromatic heterocycles. The van der Waals surface area contributed by atoms with Crippen molar-refractivity contribution in [2.24, 2.45) is 11.8 Å². The minimum atomic E-state index is -0.240. The Bertz CT molecular complexity index is 702. The summed E-state index contributed by atoms with van der Waals surface area (Å²) in [6.07, 6.45) is 16.3. The van der Waals surface area contributed by atoms with E-state index in [2.05, 4.69) is 72.0 Å². The van der Waals surface area contributed by atoms with E-state index in [0.717, 1.165) is 6.42 Å². The van der Waals surface area contributed by atoms with Crippen LogP contribution in [0.3, 0.4) is 0 Å². The minimum absolute atomic E-state index is 0.240. The van der Waals surface area contributed by atoms with Crippen LogP contribution in [0.25, 0.3) is 0 Å². The van der Waals surface area contributed by atoms with Gasteiger partial charge in [-0.05, 0) is 77.9 Å². The molecular weight excluding hydrogens is 363 g/mol. The van der Waals surface area contributed by atoms with E-state index in [9.17, 15) is 0 Å². The van der Waals surface area contributed by atoms with Crippen LogP contribution in [0.2, 0.25) is 0 Å². The third kappa shape index (κ3) is 5.39. The Morgan fingerprint density at radius 2 is 2.04 bits per heavy atom. The molecule has 2 aliphatic carbocycles. The van der Waals surface area contributed by atoms with Crippen LogP contribution in [0.15, 0.2) is 70.0 Å². The number of rotatable bonds is 8. The van der Waals surface area contributed by atoms with E-state index in [1.807, 2.05) is 17.8 Å². The highest BCUT2D eigenvalue weighted by Crippen LogP contribution is 2.57. The molecule has 3 atom stereocenters. The normalized spacial score (nSPS) is 23.2. The van der Waals surface area contributed by atoms with Crippen LogP contribution in [0.1, 0.15) is 53.4 Å². The molecule has 0 amide bonds. The summed E-state index contributed by atoms with van der Waals surface area (Å²) < 4.78 is 0. The molecule has 2 aliphatic rings. The monoisotopic (exact) mass is 400 g/mol. The second-order valence-corrected chi connectivity index (χ2v) is 11.5. The molecule has 2 rings (SSSR count). The van der Waals surface area contributed by atoms with Gasteiger partial charge in [0.15, 0.2) is 0 Å². The summed E-state index contributed by atoms with van der Waals surface area (Å²) >= 11 is 1.92. The summed E-state index contributed by atoms with van der Waals surface area (Å²) in [5.74, 6) is 1.04. The van der Waals surface area contributed by atoms with E-state index in [0.29, 0.717) is 17.5 Å². The molecular formula is C25H37PS. The van der Waals surface area contributed by atoms with Gasteiger partial charge in [-0.15, -0.1) is 18.3 Å². The van der Waals surface area contributed by atoms with Crippen molar-refractivity contribution in [2.45, 2.75) is 59.0 Å². The van der Waals surface area contributed by atoms with Crippen molar-refractivity contribution in [3.63, 3.8) is 0 Å². The molecule has 148 valence electrons.